The molecule has 0 aliphatic carbocycles. The largest absolute Gasteiger partial charge is 0.302 e. The van der Waals surface area contributed by atoms with Gasteiger partial charge >= 0.3 is 0 Å². The van der Waals surface area contributed by atoms with Gasteiger partial charge in [0.2, 0.25) is 0 Å². The fraction of sp³-hybridized carbons (Fsp3) is 0.625. The van der Waals surface area contributed by atoms with Crippen LogP contribution in [0, 0.1) is 13.8 Å². The number of hydrogen-bond donors (Lipinski definition) is 1. The summed E-state index contributed by atoms with van der Waals surface area (Å²) in [5.74, 6) is 0. The van der Waals surface area contributed by atoms with E-state index in [1.54, 1.807) is 11.6 Å². The number of nitrogens with zero attached hydrogens (tertiary/aromatic N) is 2. The van der Waals surface area contributed by atoms with Gasteiger partial charge in [-0.15, -0.1) is 0 Å². The van der Waals surface area contributed by atoms with Crippen LogP contribution < -0.4 is 0 Å². The summed E-state index contributed by atoms with van der Waals surface area (Å²) in [5, 5.41) is 4.19. The smallest absolute Gasteiger partial charge is 0.190 e. The highest BCUT2D eigenvalue weighted by Crippen LogP contribution is 2.19. The lowest BCUT2D eigenvalue weighted by atomic mass is 10.3. The highest BCUT2D eigenvalue weighted by atomic mass is 32.2. The Labute approximate surface area is 80.2 Å². The normalized spacial score (nSPS) is 13.7. The molecule has 1 unspecified atom stereocenters. The minimum atomic E-state index is -1.93. The third-order valence-electron chi connectivity index (χ3n) is 1.92. The van der Waals surface area contributed by atoms with Crippen LogP contribution in [0.25, 0.3) is 0 Å². The standard InChI is InChI=1S/C8H14N2O2S/c1-5(2)10-7(4)8(13(11)12)6(3)9-10/h5H,1-4H3,(H,11,12). The van der Waals surface area contributed by atoms with E-state index in [1.165, 1.54) is 0 Å². The first kappa shape index (κ1) is 10.4. The zero-order valence-corrected chi connectivity index (χ0v) is 9.05. The van der Waals surface area contributed by atoms with E-state index in [4.69, 9.17) is 4.55 Å². The number of aromatic nitrogens is 2. The van der Waals surface area contributed by atoms with Crippen molar-refractivity contribution in [1.82, 2.24) is 9.78 Å². The van der Waals surface area contributed by atoms with Gasteiger partial charge in [-0.1, -0.05) is 0 Å². The first-order valence-electron chi connectivity index (χ1n) is 4.11. The number of aryl methyl sites for hydroxylation is 1. The molecule has 1 aromatic heterocycles. The summed E-state index contributed by atoms with van der Waals surface area (Å²) in [6.07, 6.45) is 0. The van der Waals surface area contributed by atoms with Crippen molar-refractivity contribution in [3.05, 3.63) is 11.4 Å². The maximum absolute atomic E-state index is 10.9. The van der Waals surface area contributed by atoms with Crippen LogP contribution in [0.5, 0.6) is 0 Å². The van der Waals surface area contributed by atoms with Crippen LogP contribution >= 0.6 is 0 Å². The Morgan fingerprint density at radius 3 is 2.23 bits per heavy atom. The molecule has 0 aromatic carbocycles. The van der Waals surface area contributed by atoms with E-state index in [-0.39, 0.29) is 6.04 Å². The molecule has 1 rings (SSSR count). The Balaban J connectivity index is 3.30. The minimum absolute atomic E-state index is 0.219. The third-order valence-corrected chi connectivity index (χ3v) is 2.86. The molecule has 1 heterocycles. The second-order valence-corrected chi connectivity index (χ2v) is 4.19. The summed E-state index contributed by atoms with van der Waals surface area (Å²) in [6.45, 7) is 7.53. The monoisotopic (exact) mass is 202 g/mol. The average molecular weight is 202 g/mol. The van der Waals surface area contributed by atoms with Gasteiger partial charge in [-0.3, -0.25) is 4.68 Å². The quantitative estimate of drug-likeness (QED) is 0.742. The number of rotatable bonds is 2. The molecule has 1 atom stereocenters. The summed E-state index contributed by atoms with van der Waals surface area (Å²) in [4.78, 5) is 0.439. The lowest BCUT2D eigenvalue weighted by Crippen LogP contribution is -2.05. The second kappa shape index (κ2) is 3.59. The van der Waals surface area contributed by atoms with Gasteiger partial charge in [-0.05, 0) is 27.7 Å². The van der Waals surface area contributed by atoms with Crippen LogP contribution in [-0.4, -0.2) is 18.5 Å². The Morgan fingerprint density at radius 2 is 2.00 bits per heavy atom. The van der Waals surface area contributed by atoms with Crippen molar-refractivity contribution in [2.24, 2.45) is 0 Å². The van der Waals surface area contributed by atoms with Crippen molar-refractivity contribution in [2.75, 3.05) is 0 Å². The van der Waals surface area contributed by atoms with Gasteiger partial charge in [0.1, 0.15) is 4.90 Å². The van der Waals surface area contributed by atoms with E-state index in [9.17, 15) is 4.21 Å². The van der Waals surface area contributed by atoms with Crippen molar-refractivity contribution in [2.45, 2.75) is 38.6 Å². The first-order chi connectivity index (χ1) is 5.95. The van der Waals surface area contributed by atoms with Crippen LogP contribution in [0.1, 0.15) is 31.3 Å². The molecule has 4 nitrogen and oxygen atoms in total. The molecule has 1 N–H and O–H groups in total. The minimum Gasteiger partial charge on any atom is -0.302 e. The molecule has 0 aliphatic rings. The molecule has 74 valence electrons. The molecule has 0 bridgehead atoms. The Bertz CT molecular complexity index is 344. The highest BCUT2D eigenvalue weighted by molar-refractivity contribution is 7.79. The summed E-state index contributed by atoms with van der Waals surface area (Å²) in [5.41, 5.74) is 1.40. The molecule has 0 spiro atoms. The average Bonchev–Trinajstić information content (AvgIpc) is 2.26. The SMILES string of the molecule is Cc1nn(C(C)C)c(C)c1S(=O)O. The summed E-state index contributed by atoms with van der Waals surface area (Å²) in [7, 11) is 0. The van der Waals surface area contributed by atoms with Crippen LogP contribution in [0.15, 0.2) is 4.90 Å². The van der Waals surface area contributed by atoms with Crippen LogP contribution in [0.3, 0.4) is 0 Å². The maximum atomic E-state index is 10.9. The van der Waals surface area contributed by atoms with Gasteiger partial charge in [0.25, 0.3) is 0 Å². The predicted molar refractivity (Wildman–Crippen MR) is 51.1 cm³/mol. The van der Waals surface area contributed by atoms with Crippen molar-refractivity contribution in [3.8, 4) is 0 Å². The summed E-state index contributed by atoms with van der Waals surface area (Å²) >= 11 is -1.93. The van der Waals surface area contributed by atoms with E-state index in [0.29, 0.717) is 10.6 Å². The molecule has 0 amide bonds. The van der Waals surface area contributed by atoms with E-state index in [1.807, 2.05) is 20.8 Å². The van der Waals surface area contributed by atoms with Crippen LogP contribution in [-0.2, 0) is 11.1 Å². The van der Waals surface area contributed by atoms with Crippen molar-refractivity contribution >= 4 is 11.1 Å². The fourth-order valence-electron chi connectivity index (χ4n) is 1.40. The predicted octanol–water partition coefficient (Wildman–Crippen LogP) is 1.66. The van der Waals surface area contributed by atoms with Crippen LogP contribution in [0.2, 0.25) is 0 Å². The molecule has 1 aromatic rings. The third kappa shape index (κ3) is 1.81. The Kier molecular flexibility index (Phi) is 2.87. The zero-order chi connectivity index (χ0) is 10.2. The highest BCUT2D eigenvalue weighted by Gasteiger charge is 2.16. The Morgan fingerprint density at radius 1 is 1.46 bits per heavy atom. The van der Waals surface area contributed by atoms with Gasteiger partial charge in [0, 0.05) is 6.04 Å². The molecule has 0 radical (unpaired) electrons. The van der Waals surface area contributed by atoms with Crippen molar-refractivity contribution < 1.29 is 8.76 Å². The molecule has 0 saturated heterocycles. The summed E-state index contributed by atoms with van der Waals surface area (Å²) in [6, 6.07) is 0.219. The molecular formula is C8H14N2O2S. The molecule has 5 heteroatoms. The fourth-order valence-corrected chi connectivity index (χ4v) is 2.04. The molecule has 13 heavy (non-hydrogen) atoms. The van der Waals surface area contributed by atoms with Gasteiger partial charge in [0.15, 0.2) is 11.1 Å². The van der Waals surface area contributed by atoms with E-state index < -0.39 is 11.1 Å². The van der Waals surface area contributed by atoms with Crippen molar-refractivity contribution in [1.29, 1.82) is 0 Å². The van der Waals surface area contributed by atoms with Crippen LogP contribution in [0.4, 0.5) is 0 Å². The first-order valence-corrected chi connectivity index (χ1v) is 5.22. The lowest BCUT2D eigenvalue weighted by Gasteiger charge is -2.07. The van der Waals surface area contributed by atoms with E-state index in [2.05, 4.69) is 5.10 Å². The van der Waals surface area contributed by atoms with Gasteiger partial charge in [0.05, 0.1) is 11.4 Å². The second-order valence-electron chi connectivity index (χ2n) is 3.29. The maximum Gasteiger partial charge on any atom is 0.190 e. The number of hydrogen-bond acceptors (Lipinski definition) is 2. The summed E-state index contributed by atoms with van der Waals surface area (Å²) < 4.78 is 21.7. The Hall–Kier alpha value is -0.680. The van der Waals surface area contributed by atoms with Gasteiger partial charge in [-0.2, -0.15) is 5.10 Å². The molecule has 0 aliphatic heterocycles. The molecular weight excluding hydrogens is 188 g/mol. The van der Waals surface area contributed by atoms with Gasteiger partial charge < -0.3 is 4.55 Å². The van der Waals surface area contributed by atoms with E-state index >= 15 is 0 Å². The van der Waals surface area contributed by atoms with Crippen molar-refractivity contribution in [3.63, 3.8) is 0 Å². The zero-order valence-electron chi connectivity index (χ0n) is 8.24. The lowest BCUT2D eigenvalue weighted by molar-refractivity contribution is 0.514. The molecule has 0 saturated carbocycles. The van der Waals surface area contributed by atoms with Gasteiger partial charge in [-0.25, -0.2) is 4.21 Å². The topological polar surface area (TPSA) is 55.1 Å². The molecule has 0 fully saturated rings. The van der Waals surface area contributed by atoms with E-state index in [0.717, 1.165) is 5.69 Å².